The summed E-state index contributed by atoms with van der Waals surface area (Å²) in [5.74, 6) is -0.588. The van der Waals surface area contributed by atoms with Gasteiger partial charge < -0.3 is 24.2 Å². The van der Waals surface area contributed by atoms with E-state index in [2.05, 4.69) is 23.5 Å². The van der Waals surface area contributed by atoms with Crippen molar-refractivity contribution in [2.24, 2.45) is 0 Å². The monoisotopic (exact) mass is 396 g/mol. The Hall–Kier alpha value is -2.12. The highest BCUT2D eigenvalue weighted by atomic mass is 32.1. The number of hydrogen-bond acceptors (Lipinski definition) is 8. The van der Waals surface area contributed by atoms with Gasteiger partial charge in [-0.1, -0.05) is 36.6 Å². The fourth-order valence-electron chi connectivity index (χ4n) is 2.30. The maximum absolute atomic E-state index is 13.0. The van der Waals surface area contributed by atoms with Gasteiger partial charge in [-0.15, -0.1) is 0 Å². The van der Waals surface area contributed by atoms with Crippen LogP contribution in [0.3, 0.4) is 0 Å². The van der Waals surface area contributed by atoms with Gasteiger partial charge in [-0.05, 0) is 18.2 Å². The standard InChI is InChI=1S/C17H21N2O5PS/c1-6-7-13(11(2)20)16(25(21,23-4)24-5)19-17-18-14-9-8-12(22-3)10-15(14)26-17/h6-10,16,20H,1-2H2,3-5H3,(H,18,19)/b13-7+. The number of nitrogens with zero attached hydrogens (tertiary/aromatic N) is 1. The number of anilines is 1. The molecule has 0 amide bonds. The molecular weight excluding hydrogens is 375 g/mol. The van der Waals surface area contributed by atoms with Crippen molar-refractivity contribution in [3.05, 3.63) is 54.8 Å². The number of methoxy groups -OCH3 is 1. The predicted octanol–water partition coefficient (Wildman–Crippen LogP) is 4.71. The first-order valence-electron chi connectivity index (χ1n) is 7.51. The number of ether oxygens (including phenoxy) is 1. The molecular formula is C17H21N2O5PS. The van der Waals surface area contributed by atoms with Crippen LogP contribution >= 0.6 is 18.9 Å². The smallest absolute Gasteiger partial charge is 0.356 e. The summed E-state index contributed by atoms with van der Waals surface area (Å²) in [4.78, 5) is 4.47. The summed E-state index contributed by atoms with van der Waals surface area (Å²) in [6.45, 7) is 7.12. The molecule has 140 valence electrons. The highest BCUT2D eigenvalue weighted by Crippen LogP contribution is 2.55. The number of hydrogen-bond donors (Lipinski definition) is 2. The molecule has 1 heterocycles. The Kier molecular flexibility index (Phi) is 6.61. The number of aliphatic hydroxyl groups is 1. The Morgan fingerprint density at radius 1 is 1.38 bits per heavy atom. The van der Waals surface area contributed by atoms with Gasteiger partial charge in [-0.25, -0.2) is 4.98 Å². The summed E-state index contributed by atoms with van der Waals surface area (Å²) < 4.78 is 29.3. The SMILES string of the molecule is C=C/C=C(\C(=C)O)C(Nc1nc2ccc(OC)cc2s1)P(=O)(OC)OC. The molecule has 0 saturated heterocycles. The van der Waals surface area contributed by atoms with Gasteiger partial charge in [0.2, 0.25) is 0 Å². The van der Waals surface area contributed by atoms with Crippen LogP contribution in [0.4, 0.5) is 5.13 Å². The molecule has 26 heavy (non-hydrogen) atoms. The summed E-state index contributed by atoms with van der Waals surface area (Å²) >= 11 is 1.34. The lowest BCUT2D eigenvalue weighted by Gasteiger charge is -2.26. The van der Waals surface area contributed by atoms with Gasteiger partial charge in [0.05, 0.1) is 17.3 Å². The third-order valence-electron chi connectivity index (χ3n) is 3.61. The predicted molar refractivity (Wildman–Crippen MR) is 105 cm³/mol. The van der Waals surface area contributed by atoms with Gasteiger partial charge >= 0.3 is 7.60 Å². The van der Waals surface area contributed by atoms with Crippen LogP contribution in [-0.2, 0) is 13.6 Å². The van der Waals surface area contributed by atoms with E-state index in [-0.39, 0.29) is 11.3 Å². The number of nitrogens with one attached hydrogen (secondary N) is 1. The minimum Gasteiger partial charge on any atom is -0.508 e. The largest absolute Gasteiger partial charge is 0.508 e. The normalized spacial score (nSPS) is 13.4. The Morgan fingerprint density at radius 3 is 2.62 bits per heavy atom. The fraction of sp³-hybridized carbons (Fsp3) is 0.235. The molecule has 0 aliphatic heterocycles. The van der Waals surface area contributed by atoms with Gasteiger partial charge in [0, 0.05) is 19.8 Å². The van der Waals surface area contributed by atoms with Crippen LogP contribution in [0.15, 0.2) is 54.8 Å². The molecule has 2 aromatic rings. The number of aromatic nitrogens is 1. The first-order valence-corrected chi connectivity index (χ1v) is 9.94. The number of rotatable bonds is 9. The summed E-state index contributed by atoms with van der Waals surface area (Å²) in [7, 11) is 0.470. The molecule has 1 unspecified atom stereocenters. The average molecular weight is 396 g/mol. The Balaban J connectivity index is 2.49. The van der Waals surface area contributed by atoms with E-state index in [1.807, 2.05) is 12.1 Å². The molecule has 1 aromatic heterocycles. The number of aliphatic hydroxyl groups excluding tert-OH is 1. The second kappa shape index (κ2) is 8.51. The lowest BCUT2D eigenvalue weighted by atomic mass is 10.2. The third kappa shape index (κ3) is 4.16. The van der Waals surface area contributed by atoms with Gasteiger partial charge in [-0.3, -0.25) is 4.57 Å². The molecule has 1 aromatic carbocycles. The van der Waals surface area contributed by atoms with Crippen molar-refractivity contribution in [2.75, 3.05) is 26.6 Å². The fourth-order valence-corrected chi connectivity index (χ4v) is 4.73. The van der Waals surface area contributed by atoms with Crippen LogP contribution in [-0.4, -0.2) is 37.2 Å². The van der Waals surface area contributed by atoms with Crippen molar-refractivity contribution < 1.29 is 23.5 Å². The summed E-state index contributed by atoms with van der Waals surface area (Å²) in [5, 5.41) is 13.4. The van der Waals surface area contributed by atoms with Crippen LogP contribution in [0.5, 0.6) is 5.75 Å². The van der Waals surface area contributed by atoms with Crippen molar-refractivity contribution in [3.8, 4) is 5.75 Å². The van der Waals surface area contributed by atoms with E-state index in [1.165, 1.54) is 37.7 Å². The first kappa shape index (κ1) is 20.2. The molecule has 0 aliphatic carbocycles. The van der Waals surface area contributed by atoms with Crippen LogP contribution in [0.25, 0.3) is 10.2 Å². The van der Waals surface area contributed by atoms with Crippen LogP contribution in [0, 0.1) is 0 Å². The molecule has 1 atom stereocenters. The van der Waals surface area contributed by atoms with E-state index >= 15 is 0 Å². The quantitative estimate of drug-likeness (QED) is 0.360. The molecule has 0 fully saturated rings. The Labute approximate surface area is 156 Å². The van der Waals surface area contributed by atoms with Crippen molar-refractivity contribution in [1.82, 2.24) is 4.98 Å². The lowest BCUT2D eigenvalue weighted by molar-refractivity contribution is 0.270. The molecule has 0 radical (unpaired) electrons. The van der Waals surface area contributed by atoms with E-state index < -0.39 is 13.4 Å². The zero-order valence-corrected chi connectivity index (χ0v) is 16.5. The molecule has 9 heteroatoms. The van der Waals surface area contributed by atoms with E-state index in [1.54, 1.807) is 13.2 Å². The van der Waals surface area contributed by atoms with E-state index in [9.17, 15) is 9.67 Å². The summed E-state index contributed by atoms with van der Waals surface area (Å²) in [6, 6.07) is 5.48. The molecule has 0 spiro atoms. The van der Waals surface area contributed by atoms with Crippen LogP contribution < -0.4 is 10.1 Å². The highest BCUT2D eigenvalue weighted by Gasteiger charge is 2.38. The number of benzene rings is 1. The summed E-state index contributed by atoms with van der Waals surface area (Å²) in [5.41, 5.74) is 0.975. The highest BCUT2D eigenvalue weighted by molar-refractivity contribution is 7.55. The van der Waals surface area contributed by atoms with Crippen molar-refractivity contribution in [3.63, 3.8) is 0 Å². The van der Waals surface area contributed by atoms with Crippen LogP contribution in [0.1, 0.15) is 0 Å². The average Bonchev–Trinajstić information content (AvgIpc) is 3.05. The number of allylic oxidation sites excluding steroid dienone is 2. The van der Waals surface area contributed by atoms with Gasteiger partial charge in [0.1, 0.15) is 11.5 Å². The molecule has 0 bridgehead atoms. The Bertz CT molecular complexity index is 884. The maximum Gasteiger partial charge on any atom is 0.356 e. The summed E-state index contributed by atoms with van der Waals surface area (Å²) in [6.07, 6.45) is 2.94. The molecule has 2 N–H and O–H groups in total. The second-order valence-electron chi connectivity index (χ2n) is 5.11. The molecule has 7 nitrogen and oxygen atoms in total. The number of thiazole rings is 1. The van der Waals surface area contributed by atoms with Gasteiger partial charge in [0.15, 0.2) is 10.9 Å². The first-order chi connectivity index (χ1) is 12.4. The van der Waals surface area contributed by atoms with Crippen molar-refractivity contribution in [1.29, 1.82) is 0 Å². The second-order valence-corrected chi connectivity index (χ2v) is 8.47. The molecule has 0 saturated carbocycles. The van der Waals surface area contributed by atoms with Crippen molar-refractivity contribution in [2.45, 2.75) is 5.78 Å². The lowest BCUT2D eigenvalue weighted by Crippen LogP contribution is -2.25. The topological polar surface area (TPSA) is 89.9 Å². The zero-order chi connectivity index (χ0) is 19.3. The van der Waals surface area contributed by atoms with Crippen molar-refractivity contribution >= 4 is 34.3 Å². The number of fused-ring (bicyclic) bond motifs is 1. The Morgan fingerprint density at radius 2 is 2.08 bits per heavy atom. The maximum atomic E-state index is 13.0. The minimum absolute atomic E-state index is 0.226. The third-order valence-corrected chi connectivity index (χ3v) is 6.61. The van der Waals surface area contributed by atoms with Gasteiger partial charge in [-0.2, -0.15) is 0 Å². The van der Waals surface area contributed by atoms with E-state index in [0.717, 1.165) is 10.2 Å². The zero-order valence-electron chi connectivity index (χ0n) is 14.8. The molecule has 2 rings (SSSR count). The van der Waals surface area contributed by atoms with Gasteiger partial charge in [0.25, 0.3) is 0 Å². The van der Waals surface area contributed by atoms with E-state index in [0.29, 0.717) is 10.9 Å². The molecule has 0 aliphatic rings. The van der Waals surface area contributed by atoms with Crippen LogP contribution in [0.2, 0.25) is 0 Å². The van der Waals surface area contributed by atoms with E-state index in [4.69, 9.17) is 13.8 Å². The minimum atomic E-state index is -3.66.